The molecule has 2 atom stereocenters. The predicted octanol–water partition coefficient (Wildman–Crippen LogP) is 1.20. The average molecular weight is 328 g/mol. The van der Waals surface area contributed by atoms with Crippen molar-refractivity contribution in [1.29, 1.82) is 0 Å². The van der Waals surface area contributed by atoms with E-state index in [0.717, 1.165) is 0 Å². The van der Waals surface area contributed by atoms with Gasteiger partial charge >= 0.3 is 5.97 Å². The molecule has 5 nitrogen and oxygen atoms in total. The zero-order valence-corrected chi connectivity index (χ0v) is 12.0. The summed E-state index contributed by atoms with van der Waals surface area (Å²) in [5.74, 6) is -0.795. The Morgan fingerprint density at radius 2 is 2.11 bits per heavy atom. The summed E-state index contributed by atoms with van der Waals surface area (Å²) in [6.45, 7) is 0.139. The lowest BCUT2D eigenvalue weighted by Gasteiger charge is -2.22. The summed E-state index contributed by atoms with van der Waals surface area (Å²) in [5, 5.41) is 9.67. The minimum atomic E-state index is -0.723. The van der Waals surface area contributed by atoms with Crippen LogP contribution in [0.5, 0.6) is 0 Å². The van der Waals surface area contributed by atoms with Gasteiger partial charge in [0.05, 0.1) is 18.8 Å². The highest BCUT2D eigenvalue weighted by Gasteiger charge is 2.40. The lowest BCUT2D eigenvalue weighted by atomic mass is 10.1. The van der Waals surface area contributed by atoms with E-state index in [1.165, 1.54) is 12.0 Å². The highest BCUT2D eigenvalue weighted by atomic mass is 79.9. The number of amides is 1. The van der Waals surface area contributed by atoms with E-state index < -0.39 is 18.1 Å². The number of methoxy groups -OCH3 is 1. The first-order chi connectivity index (χ1) is 9.04. The summed E-state index contributed by atoms with van der Waals surface area (Å²) in [6.07, 6.45) is -0.487. The molecule has 1 aliphatic rings. The zero-order chi connectivity index (χ0) is 14.0. The van der Waals surface area contributed by atoms with Crippen molar-refractivity contribution in [2.24, 2.45) is 0 Å². The topological polar surface area (TPSA) is 66.8 Å². The second kappa shape index (κ2) is 5.71. The Labute approximate surface area is 119 Å². The standard InChI is InChI=1S/C13H14BrNO4/c1-19-13(18)11-6-8(16)7-15(11)12(17)9-4-2-3-5-10(9)14/h2-5,8,11,16H,6-7H2,1H3/t8-,11+/m1/s1. The Morgan fingerprint density at radius 3 is 2.74 bits per heavy atom. The van der Waals surface area contributed by atoms with E-state index in [2.05, 4.69) is 20.7 Å². The van der Waals surface area contributed by atoms with E-state index in [0.29, 0.717) is 10.0 Å². The molecule has 0 aliphatic carbocycles. The number of likely N-dealkylation sites (tertiary alicyclic amines) is 1. The molecule has 1 heterocycles. The second-order valence-electron chi connectivity index (χ2n) is 4.37. The molecule has 1 saturated heterocycles. The van der Waals surface area contributed by atoms with Gasteiger partial charge in [-0.2, -0.15) is 0 Å². The summed E-state index contributed by atoms with van der Waals surface area (Å²) in [5.41, 5.74) is 0.463. The maximum Gasteiger partial charge on any atom is 0.328 e. The van der Waals surface area contributed by atoms with E-state index in [1.807, 2.05) is 0 Å². The maximum absolute atomic E-state index is 12.4. The molecule has 0 bridgehead atoms. The molecule has 2 rings (SSSR count). The number of nitrogens with zero attached hydrogens (tertiary/aromatic N) is 1. The number of benzene rings is 1. The summed E-state index contributed by atoms with van der Waals surface area (Å²) in [4.78, 5) is 25.4. The van der Waals surface area contributed by atoms with Crippen LogP contribution in [0.4, 0.5) is 0 Å². The maximum atomic E-state index is 12.4. The third-order valence-corrected chi connectivity index (χ3v) is 3.81. The van der Waals surface area contributed by atoms with Gasteiger partial charge in [0.25, 0.3) is 5.91 Å². The van der Waals surface area contributed by atoms with Crippen molar-refractivity contribution in [2.45, 2.75) is 18.6 Å². The van der Waals surface area contributed by atoms with E-state index >= 15 is 0 Å². The van der Waals surface area contributed by atoms with Crippen LogP contribution in [0.3, 0.4) is 0 Å². The number of carbonyl (C=O) groups excluding carboxylic acids is 2. The summed E-state index contributed by atoms with van der Waals surface area (Å²) in [7, 11) is 1.27. The fraction of sp³-hybridized carbons (Fsp3) is 0.385. The van der Waals surface area contributed by atoms with E-state index in [4.69, 9.17) is 0 Å². The van der Waals surface area contributed by atoms with Crippen LogP contribution in [0.1, 0.15) is 16.8 Å². The summed E-state index contributed by atoms with van der Waals surface area (Å²) >= 11 is 3.31. The van der Waals surface area contributed by atoms with Crippen LogP contribution in [0.15, 0.2) is 28.7 Å². The second-order valence-corrected chi connectivity index (χ2v) is 5.22. The fourth-order valence-electron chi connectivity index (χ4n) is 2.19. The molecular weight excluding hydrogens is 314 g/mol. The van der Waals surface area contributed by atoms with Crippen molar-refractivity contribution < 1.29 is 19.4 Å². The first-order valence-corrected chi connectivity index (χ1v) is 6.65. The minimum absolute atomic E-state index is 0.139. The molecule has 0 aromatic heterocycles. The highest BCUT2D eigenvalue weighted by molar-refractivity contribution is 9.10. The molecule has 1 fully saturated rings. The SMILES string of the molecule is COC(=O)[C@@H]1C[C@@H](O)CN1C(=O)c1ccccc1Br. The molecule has 1 aromatic carbocycles. The van der Waals surface area contributed by atoms with Crippen molar-refractivity contribution in [1.82, 2.24) is 4.90 Å². The van der Waals surface area contributed by atoms with Gasteiger partial charge in [-0.3, -0.25) is 4.79 Å². The number of hydrogen-bond acceptors (Lipinski definition) is 4. The normalized spacial score (nSPS) is 22.4. The third-order valence-electron chi connectivity index (χ3n) is 3.12. The number of aliphatic hydroxyl groups is 1. The van der Waals surface area contributed by atoms with Crippen LogP contribution in [0, 0.1) is 0 Å². The van der Waals surface area contributed by atoms with Gasteiger partial charge in [0, 0.05) is 17.4 Å². The van der Waals surface area contributed by atoms with Crippen molar-refractivity contribution in [2.75, 3.05) is 13.7 Å². The Morgan fingerprint density at radius 1 is 1.42 bits per heavy atom. The van der Waals surface area contributed by atoms with Crippen LogP contribution in [-0.2, 0) is 9.53 Å². The molecular formula is C13H14BrNO4. The summed E-state index contributed by atoms with van der Waals surface area (Å²) < 4.78 is 5.33. The monoisotopic (exact) mass is 327 g/mol. The molecule has 19 heavy (non-hydrogen) atoms. The Balaban J connectivity index is 2.27. The number of halogens is 1. The molecule has 1 amide bonds. The quantitative estimate of drug-likeness (QED) is 0.829. The fourth-order valence-corrected chi connectivity index (χ4v) is 2.64. The zero-order valence-electron chi connectivity index (χ0n) is 10.4. The van der Waals surface area contributed by atoms with E-state index in [-0.39, 0.29) is 18.9 Å². The minimum Gasteiger partial charge on any atom is -0.467 e. The first-order valence-electron chi connectivity index (χ1n) is 5.86. The van der Waals surface area contributed by atoms with Gasteiger partial charge < -0.3 is 14.7 Å². The number of ether oxygens (including phenoxy) is 1. The van der Waals surface area contributed by atoms with E-state index in [9.17, 15) is 14.7 Å². The largest absolute Gasteiger partial charge is 0.467 e. The average Bonchev–Trinajstić information content (AvgIpc) is 2.79. The number of carbonyl (C=O) groups is 2. The molecule has 6 heteroatoms. The lowest BCUT2D eigenvalue weighted by Crippen LogP contribution is -2.41. The highest BCUT2D eigenvalue weighted by Crippen LogP contribution is 2.24. The summed E-state index contributed by atoms with van der Waals surface area (Å²) in [6, 6.07) is 6.26. The molecule has 0 radical (unpaired) electrons. The van der Waals surface area contributed by atoms with Crippen LogP contribution >= 0.6 is 15.9 Å². The van der Waals surface area contributed by atoms with Gasteiger partial charge in [0.2, 0.25) is 0 Å². The van der Waals surface area contributed by atoms with Crippen molar-refractivity contribution >= 4 is 27.8 Å². The number of hydrogen-bond donors (Lipinski definition) is 1. The number of aliphatic hydroxyl groups excluding tert-OH is 1. The Bertz CT molecular complexity index is 505. The molecule has 1 N–H and O–H groups in total. The number of rotatable bonds is 2. The molecule has 1 aromatic rings. The lowest BCUT2D eigenvalue weighted by molar-refractivity contribution is -0.145. The van der Waals surface area contributed by atoms with Crippen molar-refractivity contribution in [3.63, 3.8) is 0 Å². The third kappa shape index (κ3) is 2.79. The Hall–Kier alpha value is -1.40. The Kier molecular flexibility index (Phi) is 4.21. The van der Waals surface area contributed by atoms with Crippen molar-refractivity contribution in [3.8, 4) is 0 Å². The van der Waals surface area contributed by atoms with Crippen LogP contribution in [0.2, 0.25) is 0 Å². The van der Waals surface area contributed by atoms with Gasteiger partial charge in [-0.15, -0.1) is 0 Å². The van der Waals surface area contributed by atoms with E-state index in [1.54, 1.807) is 24.3 Å². The van der Waals surface area contributed by atoms with Crippen molar-refractivity contribution in [3.05, 3.63) is 34.3 Å². The molecule has 0 saturated carbocycles. The molecule has 0 unspecified atom stereocenters. The molecule has 102 valence electrons. The van der Waals surface area contributed by atoms with Gasteiger partial charge in [-0.05, 0) is 28.1 Å². The van der Waals surface area contributed by atoms with Crippen LogP contribution in [0.25, 0.3) is 0 Å². The molecule has 0 spiro atoms. The van der Waals surface area contributed by atoms with Gasteiger partial charge in [-0.25, -0.2) is 4.79 Å². The van der Waals surface area contributed by atoms with Crippen LogP contribution in [-0.4, -0.2) is 47.7 Å². The first kappa shape index (κ1) is 14.0. The van der Waals surface area contributed by atoms with Crippen LogP contribution < -0.4 is 0 Å². The van der Waals surface area contributed by atoms with Gasteiger partial charge in [-0.1, -0.05) is 12.1 Å². The van der Waals surface area contributed by atoms with Gasteiger partial charge in [0.15, 0.2) is 0 Å². The predicted molar refractivity (Wildman–Crippen MR) is 71.6 cm³/mol. The van der Waals surface area contributed by atoms with Gasteiger partial charge in [0.1, 0.15) is 6.04 Å². The number of β-amino-alcohol motifs (C(OH)–C–C–N with tert-alkyl or cyclic N) is 1. The molecule has 1 aliphatic heterocycles. The smallest absolute Gasteiger partial charge is 0.328 e. The number of esters is 1.